The molecule has 0 aliphatic carbocycles. The van der Waals surface area contributed by atoms with Gasteiger partial charge in [-0.05, 0) is 12.8 Å². The Balaban J connectivity index is 2.85. The second kappa shape index (κ2) is 13.5. The highest BCUT2D eigenvalue weighted by atomic mass is 35.5. The van der Waals surface area contributed by atoms with E-state index in [1.807, 2.05) is 0 Å². The zero-order valence-electron chi connectivity index (χ0n) is 15.7. The van der Waals surface area contributed by atoms with Gasteiger partial charge in [-0.25, -0.2) is 9.55 Å². The Labute approximate surface area is 182 Å². The van der Waals surface area contributed by atoms with Gasteiger partial charge < -0.3 is 0 Å². The van der Waals surface area contributed by atoms with E-state index in [4.69, 9.17) is 55.5 Å². The molecule has 0 bridgehead atoms. The molecule has 1 heterocycles. The topological polar surface area (TPSA) is 60.5 Å². The third kappa shape index (κ3) is 9.08. The maximum atomic E-state index is 13.2. The zero-order chi connectivity index (χ0) is 20.3. The molecule has 0 aliphatic rings. The van der Waals surface area contributed by atoms with Gasteiger partial charge in [0.05, 0.1) is 18.9 Å². The van der Waals surface area contributed by atoms with E-state index in [9.17, 15) is 4.57 Å². The van der Waals surface area contributed by atoms with Crippen LogP contribution in [-0.2, 0) is 13.6 Å². The molecule has 156 valence electrons. The number of nitrogens with one attached hydrogen (secondary N) is 1. The van der Waals surface area contributed by atoms with E-state index < -0.39 is 7.75 Å². The zero-order valence-corrected chi connectivity index (χ0v) is 19.6. The van der Waals surface area contributed by atoms with Crippen LogP contribution in [0.15, 0.2) is 0 Å². The number of halogens is 4. The summed E-state index contributed by atoms with van der Waals surface area (Å²) in [4.78, 5) is 3.81. The smallest absolute Gasteiger partial charge is 0.292 e. The van der Waals surface area contributed by atoms with Crippen molar-refractivity contribution in [3.63, 3.8) is 0 Å². The van der Waals surface area contributed by atoms with Gasteiger partial charge in [-0.1, -0.05) is 98.8 Å². The first-order valence-electron chi connectivity index (χ1n) is 9.22. The molecular weight excluding hydrogens is 453 g/mol. The van der Waals surface area contributed by atoms with E-state index >= 15 is 0 Å². The van der Waals surface area contributed by atoms with Crippen molar-refractivity contribution >= 4 is 59.8 Å². The summed E-state index contributed by atoms with van der Waals surface area (Å²) in [5, 5.41) is 2.61. The number of anilines is 1. The molecule has 1 aromatic heterocycles. The van der Waals surface area contributed by atoms with Crippen molar-refractivity contribution in [2.75, 3.05) is 18.3 Å². The van der Waals surface area contributed by atoms with Crippen LogP contribution < -0.4 is 5.09 Å². The highest BCUT2D eigenvalue weighted by Crippen LogP contribution is 2.52. The average Bonchev–Trinajstić information content (AvgIpc) is 2.63. The predicted molar refractivity (Wildman–Crippen MR) is 116 cm³/mol. The monoisotopic (exact) mass is 478 g/mol. The minimum Gasteiger partial charge on any atom is -0.292 e. The molecule has 1 aromatic rings. The third-order valence-electron chi connectivity index (χ3n) is 3.76. The van der Waals surface area contributed by atoms with Crippen molar-refractivity contribution in [3.05, 3.63) is 20.4 Å². The number of unbranched alkanes of at least 4 members (excludes halogenated alkanes) is 6. The van der Waals surface area contributed by atoms with Gasteiger partial charge in [-0.2, -0.15) is 0 Å². The third-order valence-corrected chi connectivity index (χ3v) is 6.78. The van der Waals surface area contributed by atoms with Crippen molar-refractivity contribution < 1.29 is 13.6 Å². The van der Waals surface area contributed by atoms with E-state index in [1.165, 1.54) is 0 Å². The fourth-order valence-electron chi connectivity index (χ4n) is 2.25. The Morgan fingerprint density at radius 1 is 0.815 bits per heavy atom. The Morgan fingerprint density at radius 3 is 1.67 bits per heavy atom. The summed E-state index contributed by atoms with van der Waals surface area (Å²) in [6, 6.07) is 0. The lowest BCUT2D eigenvalue weighted by molar-refractivity contribution is 0.202. The number of pyridine rings is 1. The first-order chi connectivity index (χ1) is 12.8. The Morgan fingerprint density at radius 2 is 1.26 bits per heavy atom. The van der Waals surface area contributed by atoms with Crippen LogP contribution in [0.25, 0.3) is 0 Å². The fourth-order valence-corrected chi connectivity index (χ4v) is 4.64. The lowest BCUT2D eigenvalue weighted by Crippen LogP contribution is -2.08. The van der Waals surface area contributed by atoms with Gasteiger partial charge in [0.1, 0.15) is 10.0 Å². The molecule has 1 rings (SSSR count). The fraction of sp³-hybridized carbons (Fsp3) is 0.706. The van der Waals surface area contributed by atoms with E-state index in [0.29, 0.717) is 13.2 Å². The molecule has 0 amide bonds. The van der Waals surface area contributed by atoms with Crippen LogP contribution in [0.2, 0.25) is 20.4 Å². The standard InChI is InChI=1S/C17H27Cl4N2O3P/c1-3-5-7-9-11-25-27(24,26-12-10-8-6-4-2)23-15-13(18)16(20)22-17(21)14(15)19/h3-12H2,1-2H3,(H,22,23,24). The van der Waals surface area contributed by atoms with E-state index in [0.717, 1.165) is 51.4 Å². The number of rotatable bonds is 14. The molecule has 0 saturated heterocycles. The van der Waals surface area contributed by atoms with Crippen molar-refractivity contribution in [1.29, 1.82) is 0 Å². The van der Waals surface area contributed by atoms with Crippen LogP contribution in [-0.4, -0.2) is 18.2 Å². The number of aromatic nitrogens is 1. The molecular formula is C17H27Cl4N2O3P. The Hall–Kier alpha value is 0.260. The summed E-state index contributed by atoms with van der Waals surface area (Å²) in [7, 11) is -3.70. The SMILES string of the molecule is CCCCCCOP(=O)(Nc1c(Cl)c(Cl)nc(Cl)c1Cl)OCCCCCC. The second-order valence-corrected chi connectivity index (χ2v) is 9.30. The molecule has 10 heteroatoms. The summed E-state index contributed by atoms with van der Waals surface area (Å²) < 4.78 is 24.3. The summed E-state index contributed by atoms with van der Waals surface area (Å²) in [5.74, 6) is 0. The highest BCUT2D eigenvalue weighted by molar-refractivity contribution is 7.55. The maximum absolute atomic E-state index is 13.2. The first kappa shape index (κ1) is 25.3. The average molecular weight is 480 g/mol. The quantitative estimate of drug-likeness (QED) is 0.165. The van der Waals surface area contributed by atoms with E-state index in [-0.39, 0.29) is 26.0 Å². The van der Waals surface area contributed by atoms with Crippen LogP contribution in [0.4, 0.5) is 5.69 Å². The van der Waals surface area contributed by atoms with E-state index in [2.05, 4.69) is 23.9 Å². The summed E-state index contributed by atoms with van der Waals surface area (Å²) in [5.41, 5.74) is 0.0915. The second-order valence-electron chi connectivity index (χ2n) is 6.09. The van der Waals surface area contributed by atoms with Crippen LogP contribution in [0.5, 0.6) is 0 Å². The summed E-state index contributed by atoms with van der Waals surface area (Å²) >= 11 is 24.2. The molecule has 0 unspecified atom stereocenters. The Kier molecular flexibility index (Phi) is 12.6. The van der Waals surface area contributed by atoms with Crippen LogP contribution in [0.1, 0.15) is 65.2 Å². The van der Waals surface area contributed by atoms with Crippen molar-refractivity contribution in [3.8, 4) is 0 Å². The molecule has 0 aromatic carbocycles. The maximum Gasteiger partial charge on any atom is 0.432 e. The molecule has 27 heavy (non-hydrogen) atoms. The number of nitrogens with zero attached hydrogens (tertiary/aromatic N) is 1. The minimum atomic E-state index is -3.70. The van der Waals surface area contributed by atoms with Crippen molar-refractivity contribution in [1.82, 2.24) is 4.98 Å². The summed E-state index contributed by atoms with van der Waals surface area (Å²) in [6.45, 7) is 4.82. The molecule has 0 fully saturated rings. The summed E-state index contributed by atoms with van der Waals surface area (Å²) in [6.07, 6.45) is 7.91. The first-order valence-corrected chi connectivity index (χ1v) is 12.3. The molecule has 1 N–H and O–H groups in total. The lowest BCUT2D eigenvalue weighted by atomic mass is 10.2. The van der Waals surface area contributed by atoms with Gasteiger partial charge in [-0.15, -0.1) is 0 Å². The van der Waals surface area contributed by atoms with Crippen molar-refractivity contribution in [2.24, 2.45) is 0 Å². The van der Waals surface area contributed by atoms with Crippen LogP contribution in [0.3, 0.4) is 0 Å². The van der Waals surface area contributed by atoms with Gasteiger partial charge >= 0.3 is 7.75 Å². The molecule has 0 saturated carbocycles. The number of hydrogen-bond donors (Lipinski definition) is 1. The van der Waals surface area contributed by atoms with Crippen molar-refractivity contribution in [2.45, 2.75) is 65.2 Å². The lowest BCUT2D eigenvalue weighted by Gasteiger charge is -2.22. The highest BCUT2D eigenvalue weighted by Gasteiger charge is 2.29. The van der Waals surface area contributed by atoms with Gasteiger partial charge in [0.2, 0.25) is 0 Å². The largest absolute Gasteiger partial charge is 0.432 e. The molecule has 0 aliphatic heterocycles. The predicted octanol–water partition coefficient (Wildman–Crippen LogP) is 8.41. The molecule has 0 spiro atoms. The van der Waals surface area contributed by atoms with Gasteiger partial charge in [-0.3, -0.25) is 14.1 Å². The van der Waals surface area contributed by atoms with Crippen LogP contribution in [0, 0.1) is 0 Å². The minimum absolute atomic E-state index is 0.00968. The molecule has 0 radical (unpaired) electrons. The van der Waals surface area contributed by atoms with E-state index in [1.54, 1.807) is 0 Å². The van der Waals surface area contributed by atoms with Gasteiger partial charge in [0.25, 0.3) is 0 Å². The number of hydrogen-bond acceptors (Lipinski definition) is 4. The normalized spacial score (nSPS) is 11.8. The van der Waals surface area contributed by atoms with Gasteiger partial charge in [0, 0.05) is 0 Å². The van der Waals surface area contributed by atoms with Gasteiger partial charge in [0.15, 0.2) is 10.3 Å². The Bertz CT molecular complexity index is 590. The molecule has 5 nitrogen and oxygen atoms in total. The van der Waals surface area contributed by atoms with Crippen LogP contribution >= 0.6 is 54.2 Å². The molecule has 0 atom stereocenters.